The zero-order valence-corrected chi connectivity index (χ0v) is 16.5. The first-order valence-electron chi connectivity index (χ1n) is 9.70. The minimum absolute atomic E-state index is 0.308. The van der Waals surface area contributed by atoms with Crippen LogP contribution < -0.4 is 5.32 Å². The monoisotopic (exact) mass is 385 g/mol. The first-order chi connectivity index (χ1) is 14.2. The van der Waals surface area contributed by atoms with Gasteiger partial charge in [-0.3, -0.25) is 0 Å². The smallest absolute Gasteiger partial charge is 0.334 e. The molecule has 4 aromatic rings. The molecule has 5 nitrogen and oxygen atoms in total. The normalized spacial score (nSPS) is 11.9. The van der Waals surface area contributed by atoms with Crippen LogP contribution in [0.4, 0.5) is 5.69 Å². The van der Waals surface area contributed by atoms with E-state index in [1.54, 1.807) is 0 Å². The van der Waals surface area contributed by atoms with Gasteiger partial charge in [0.15, 0.2) is 6.04 Å². The molecule has 4 rings (SSSR count). The third-order valence-electron chi connectivity index (χ3n) is 4.85. The number of para-hydroxylation sites is 1. The highest BCUT2D eigenvalue weighted by Gasteiger charge is 2.30. The number of rotatable bonds is 6. The first kappa shape index (κ1) is 18.7. The number of nitrogens with one attached hydrogen (secondary N) is 1. The Hall–Kier alpha value is -3.60. The number of hydrogen-bond donors (Lipinski definition) is 1. The van der Waals surface area contributed by atoms with Crippen LogP contribution in [0.15, 0.2) is 79.0 Å². The van der Waals surface area contributed by atoms with E-state index in [-0.39, 0.29) is 5.97 Å². The Morgan fingerprint density at radius 2 is 1.76 bits per heavy atom. The van der Waals surface area contributed by atoms with Crippen LogP contribution in [0, 0.1) is 6.92 Å². The predicted molar refractivity (Wildman–Crippen MR) is 115 cm³/mol. The van der Waals surface area contributed by atoms with E-state index >= 15 is 0 Å². The fourth-order valence-corrected chi connectivity index (χ4v) is 3.45. The van der Waals surface area contributed by atoms with Gasteiger partial charge in [0, 0.05) is 17.4 Å². The second-order valence-corrected chi connectivity index (χ2v) is 6.78. The standard InChI is InChI=1S/C24H23N3O2/c1-3-29-24(28)22(25-19-14-8-7-11-17(19)2)23-21(18-12-5-4-6-13-18)26-20-15-9-10-16-27(20)23/h4-16,22,25H,3H2,1-2H3. The van der Waals surface area contributed by atoms with Gasteiger partial charge in [-0.05, 0) is 37.6 Å². The van der Waals surface area contributed by atoms with Gasteiger partial charge in [0.2, 0.25) is 0 Å². The number of carbonyl (C=O) groups excluding carboxylic acids is 1. The number of ether oxygens (including phenoxy) is 1. The second kappa shape index (κ2) is 8.19. The van der Waals surface area contributed by atoms with Gasteiger partial charge in [-0.15, -0.1) is 0 Å². The Labute approximate surface area is 170 Å². The highest BCUT2D eigenvalue weighted by atomic mass is 16.5. The zero-order valence-electron chi connectivity index (χ0n) is 16.5. The summed E-state index contributed by atoms with van der Waals surface area (Å²) in [5, 5.41) is 3.40. The lowest BCUT2D eigenvalue weighted by Gasteiger charge is -2.21. The van der Waals surface area contributed by atoms with Crippen LogP contribution in [0.5, 0.6) is 0 Å². The Morgan fingerprint density at radius 1 is 1.03 bits per heavy atom. The Kier molecular flexibility index (Phi) is 5.29. The molecule has 29 heavy (non-hydrogen) atoms. The summed E-state index contributed by atoms with van der Waals surface area (Å²) in [6.45, 7) is 4.13. The van der Waals surface area contributed by atoms with Crippen molar-refractivity contribution in [2.45, 2.75) is 19.9 Å². The van der Waals surface area contributed by atoms with Crippen molar-refractivity contribution in [2.24, 2.45) is 0 Å². The van der Waals surface area contributed by atoms with Gasteiger partial charge in [-0.2, -0.15) is 0 Å². The van der Waals surface area contributed by atoms with Gasteiger partial charge >= 0.3 is 5.97 Å². The lowest BCUT2D eigenvalue weighted by atomic mass is 10.0. The minimum atomic E-state index is -0.705. The number of aromatic nitrogens is 2. The number of imidazole rings is 1. The summed E-state index contributed by atoms with van der Waals surface area (Å²) in [5.41, 5.74) is 5.19. The maximum Gasteiger partial charge on any atom is 0.334 e. The molecule has 0 radical (unpaired) electrons. The number of nitrogens with zero attached hydrogens (tertiary/aromatic N) is 2. The van der Waals surface area contributed by atoms with E-state index in [1.807, 2.05) is 97.2 Å². The van der Waals surface area contributed by atoms with Gasteiger partial charge < -0.3 is 14.5 Å². The number of pyridine rings is 1. The summed E-state index contributed by atoms with van der Waals surface area (Å²) in [4.78, 5) is 17.9. The predicted octanol–water partition coefficient (Wildman–Crippen LogP) is 5.03. The van der Waals surface area contributed by atoms with Crippen LogP contribution in [-0.2, 0) is 9.53 Å². The van der Waals surface area contributed by atoms with Crippen LogP contribution in [0.3, 0.4) is 0 Å². The van der Waals surface area contributed by atoms with Gasteiger partial charge in [-0.25, -0.2) is 9.78 Å². The van der Waals surface area contributed by atoms with Crippen molar-refractivity contribution >= 4 is 17.3 Å². The average Bonchev–Trinajstić information content (AvgIpc) is 3.13. The second-order valence-electron chi connectivity index (χ2n) is 6.78. The van der Waals surface area contributed by atoms with E-state index in [4.69, 9.17) is 9.72 Å². The highest BCUT2D eigenvalue weighted by molar-refractivity contribution is 5.84. The molecule has 5 heteroatoms. The molecule has 0 saturated heterocycles. The molecule has 2 aromatic heterocycles. The topological polar surface area (TPSA) is 55.6 Å². The van der Waals surface area contributed by atoms with E-state index in [1.165, 1.54) is 0 Å². The highest BCUT2D eigenvalue weighted by Crippen LogP contribution is 2.32. The third kappa shape index (κ3) is 3.72. The number of anilines is 1. The van der Waals surface area contributed by atoms with Crippen LogP contribution >= 0.6 is 0 Å². The molecular formula is C24H23N3O2. The van der Waals surface area contributed by atoms with Crippen molar-refractivity contribution in [1.82, 2.24) is 9.38 Å². The Bertz CT molecular complexity index is 1140. The molecule has 2 heterocycles. The van der Waals surface area contributed by atoms with Crippen molar-refractivity contribution in [2.75, 3.05) is 11.9 Å². The van der Waals surface area contributed by atoms with Gasteiger partial charge in [0.05, 0.1) is 18.0 Å². The molecule has 2 aromatic carbocycles. The summed E-state index contributed by atoms with van der Waals surface area (Å²) in [7, 11) is 0. The lowest BCUT2D eigenvalue weighted by molar-refractivity contribution is -0.144. The van der Waals surface area contributed by atoms with Crippen molar-refractivity contribution < 1.29 is 9.53 Å². The maximum absolute atomic E-state index is 13.1. The average molecular weight is 385 g/mol. The molecule has 0 bridgehead atoms. The van der Waals surface area contributed by atoms with Crippen molar-refractivity contribution in [3.63, 3.8) is 0 Å². The molecule has 0 spiro atoms. The molecule has 0 saturated carbocycles. The maximum atomic E-state index is 13.1. The van der Waals surface area contributed by atoms with Gasteiger partial charge in [0.1, 0.15) is 5.65 Å². The summed E-state index contributed by atoms with van der Waals surface area (Å²) >= 11 is 0. The Morgan fingerprint density at radius 3 is 2.52 bits per heavy atom. The summed E-state index contributed by atoms with van der Waals surface area (Å²) in [6.07, 6.45) is 1.93. The van der Waals surface area contributed by atoms with Gasteiger partial charge in [-0.1, -0.05) is 54.6 Å². The fourth-order valence-electron chi connectivity index (χ4n) is 3.45. The van der Waals surface area contributed by atoms with Crippen LogP contribution in [0.2, 0.25) is 0 Å². The van der Waals surface area contributed by atoms with E-state index in [2.05, 4.69) is 5.32 Å². The molecule has 0 fully saturated rings. The van der Waals surface area contributed by atoms with E-state index in [0.717, 1.165) is 33.8 Å². The molecule has 1 unspecified atom stereocenters. The first-order valence-corrected chi connectivity index (χ1v) is 9.70. The van der Waals surface area contributed by atoms with Crippen molar-refractivity contribution in [1.29, 1.82) is 0 Å². The molecule has 0 aliphatic rings. The van der Waals surface area contributed by atoms with E-state index < -0.39 is 6.04 Å². The number of aryl methyl sites for hydroxylation is 1. The molecule has 0 aliphatic heterocycles. The SMILES string of the molecule is CCOC(=O)C(Nc1ccccc1C)c1c(-c2ccccc2)nc2ccccn12. The summed E-state index contributed by atoms with van der Waals surface area (Å²) in [5.74, 6) is -0.335. The van der Waals surface area contributed by atoms with Crippen molar-refractivity contribution in [3.05, 3.63) is 90.3 Å². The van der Waals surface area contributed by atoms with Gasteiger partial charge in [0.25, 0.3) is 0 Å². The number of hydrogen-bond acceptors (Lipinski definition) is 4. The number of fused-ring (bicyclic) bond motifs is 1. The van der Waals surface area contributed by atoms with Crippen LogP contribution in [0.25, 0.3) is 16.9 Å². The molecule has 0 amide bonds. The van der Waals surface area contributed by atoms with Crippen LogP contribution in [-0.4, -0.2) is 22.0 Å². The molecule has 1 atom stereocenters. The molecular weight excluding hydrogens is 362 g/mol. The van der Waals surface area contributed by atoms with E-state index in [0.29, 0.717) is 6.61 Å². The molecule has 146 valence electrons. The molecule has 1 N–H and O–H groups in total. The Balaban J connectivity index is 1.91. The lowest BCUT2D eigenvalue weighted by Crippen LogP contribution is -2.25. The minimum Gasteiger partial charge on any atom is -0.464 e. The zero-order chi connectivity index (χ0) is 20.2. The van der Waals surface area contributed by atoms with Crippen molar-refractivity contribution in [3.8, 4) is 11.3 Å². The molecule has 0 aliphatic carbocycles. The fraction of sp³-hybridized carbons (Fsp3) is 0.167. The number of benzene rings is 2. The third-order valence-corrected chi connectivity index (χ3v) is 4.85. The summed E-state index contributed by atoms with van der Waals surface area (Å²) in [6, 6.07) is 22.9. The van der Waals surface area contributed by atoms with E-state index in [9.17, 15) is 4.79 Å². The quantitative estimate of drug-likeness (QED) is 0.473. The number of esters is 1. The van der Waals surface area contributed by atoms with Crippen LogP contribution in [0.1, 0.15) is 24.2 Å². The largest absolute Gasteiger partial charge is 0.464 e. The summed E-state index contributed by atoms with van der Waals surface area (Å²) < 4.78 is 7.39. The number of carbonyl (C=O) groups is 1.